The van der Waals surface area contributed by atoms with E-state index in [1.165, 1.54) is 0 Å². The molecule has 1 aromatic rings. The van der Waals surface area contributed by atoms with E-state index in [0.717, 1.165) is 24.2 Å². The summed E-state index contributed by atoms with van der Waals surface area (Å²) >= 11 is 0. The minimum Gasteiger partial charge on any atom is -0.497 e. The number of unbranched alkanes of at least 4 members (excludes halogenated alkanes) is 1. The maximum atomic E-state index is 13.3. The average molecular weight is 208 g/mol. The molecule has 0 aliphatic carbocycles. The summed E-state index contributed by atoms with van der Waals surface area (Å²) in [7, 11) is 1.62. The SMILES string of the molecule is CCCC/C(F)=C/c1ccc(OC)cc1. The minimum absolute atomic E-state index is 0.0537. The topological polar surface area (TPSA) is 9.23 Å². The normalized spacial score (nSPS) is 11.5. The van der Waals surface area contributed by atoms with E-state index in [1.54, 1.807) is 13.2 Å². The first kappa shape index (κ1) is 11.8. The Morgan fingerprint density at radius 3 is 2.53 bits per heavy atom. The maximum Gasteiger partial charge on any atom is 0.118 e. The van der Waals surface area contributed by atoms with Crippen LogP contribution in [0.25, 0.3) is 6.08 Å². The third-order valence-electron chi connectivity index (χ3n) is 2.21. The number of halogens is 1. The van der Waals surface area contributed by atoms with Crippen LogP contribution in [0.3, 0.4) is 0 Å². The van der Waals surface area contributed by atoms with Crippen LogP contribution >= 0.6 is 0 Å². The summed E-state index contributed by atoms with van der Waals surface area (Å²) in [6.07, 6.45) is 4.03. The van der Waals surface area contributed by atoms with E-state index in [1.807, 2.05) is 24.3 Å². The van der Waals surface area contributed by atoms with E-state index in [4.69, 9.17) is 4.74 Å². The molecule has 1 rings (SSSR count). The monoisotopic (exact) mass is 208 g/mol. The Labute approximate surface area is 90.6 Å². The van der Waals surface area contributed by atoms with Gasteiger partial charge in [-0.25, -0.2) is 4.39 Å². The van der Waals surface area contributed by atoms with Crippen molar-refractivity contribution in [3.63, 3.8) is 0 Å². The molecule has 0 N–H and O–H groups in total. The molecule has 82 valence electrons. The van der Waals surface area contributed by atoms with E-state index in [9.17, 15) is 4.39 Å². The van der Waals surface area contributed by atoms with E-state index in [-0.39, 0.29) is 5.83 Å². The molecule has 0 aliphatic heterocycles. The van der Waals surface area contributed by atoms with Crippen molar-refractivity contribution in [2.24, 2.45) is 0 Å². The van der Waals surface area contributed by atoms with Crippen molar-refractivity contribution in [2.45, 2.75) is 26.2 Å². The average Bonchev–Trinajstić information content (AvgIpc) is 2.27. The lowest BCUT2D eigenvalue weighted by molar-refractivity contribution is 0.415. The van der Waals surface area contributed by atoms with Crippen molar-refractivity contribution in [2.75, 3.05) is 7.11 Å². The molecule has 0 bridgehead atoms. The van der Waals surface area contributed by atoms with Crippen LogP contribution in [0.5, 0.6) is 5.75 Å². The molecule has 15 heavy (non-hydrogen) atoms. The van der Waals surface area contributed by atoms with Gasteiger partial charge in [0.1, 0.15) is 11.6 Å². The van der Waals surface area contributed by atoms with Gasteiger partial charge < -0.3 is 4.74 Å². The van der Waals surface area contributed by atoms with Gasteiger partial charge in [-0.2, -0.15) is 0 Å². The van der Waals surface area contributed by atoms with Crippen LogP contribution in [0.1, 0.15) is 31.7 Å². The van der Waals surface area contributed by atoms with Gasteiger partial charge in [0.05, 0.1) is 7.11 Å². The van der Waals surface area contributed by atoms with Crippen LogP contribution in [0.2, 0.25) is 0 Å². The lowest BCUT2D eigenvalue weighted by Gasteiger charge is -2.00. The summed E-state index contributed by atoms with van der Waals surface area (Å²) in [4.78, 5) is 0. The molecular weight excluding hydrogens is 191 g/mol. The summed E-state index contributed by atoms with van der Waals surface area (Å²) < 4.78 is 18.3. The predicted molar refractivity (Wildman–Crippen MR) is 61.6 cm³/mol. The number of hydrogen-bond acceptors (Lipinski definition) is 1. The third kappa shape index (κ3) is 4.15. The van der Waals surface area contributed by atoms with Gasteiger partial charge in [-0.1, -0.05) is 25.5 Å². The van der Waals surface area contributed by atoms with Crippen LogP contribution in [0.15, 0.2) is 30.1 Å². The molecule has 0 atom stereocenters. The predicted octanol–water partition coefficient (Wildman–Crippen LogP) is 4.20. The number of hydrogen-bond donors (Lipinski definition) is 0. The van der Waals surface area contributed by atoms with Crippen molar-refractivity contribution in [1.82, 2.24) is 0 Å². The van der Waals surface area contributed by atoms with Crippen molar-refractivity contribution in [3.05, 3.63) is 35.7 Å². The molecule has 0 unspecified atom stereocenters. The largest absolute Gasteiger partial charge is 0.497 e. The first-order chi connectivity index (χ1) is 7.26. The van der Waals surface area contributed by atoms with E-state index in [0.29, 0.717) is 6.42 Å². The molecule has 2 heteroatoms. The Hall–Kier alpha value is -1.31. The lowest BCUT2D eigenvalue weighted by atomic mass is 10.1. The second kappa shape index (κ2) is 6.23. The van der Waals surface area contributed by atoms with E-state index in [2.05, 4.69) is 6.92 Å². The zero-order valence-electron chi connectivity index (χ0n) is 9.29. The Bertz CT molecular complexity index is 314. The number of benzene rings is 1. The quantitative estimate of drug-likeness (QED) is 0.704. The van der Waals surface area contributed by atoms with Crippen LogP contribution in [-0.2, 0) is 0 Å². The van der Waals surface area contributed by atoms with Gasteiger partial charge >= 0.3 is 0 Å². The Balaban J connectivity index is 2.62. The molecule has 0 heterocycles. The number of rotatable bonds is 5. The van der Waals surface area contributed by atoms with Gasteiger partial charge in [-0.15, -0.1) is 0 Å². The number of ether oxygens (including phenoxy) is 1. The summed E-state index contributed by atoms with van der Waals surface area (Å²) in [5, 5.41) is 0. The van der Waals surface area contributed by atoms with Crippen LogP contribution in [-0.4, -0.2) is 7.11 Å². The number of allylic oxidation sites excluding steroid dienone is 1. The third-order valence-corrected chi connectivity index (χ3v) is 2.21. The minimum atomic E-state index is -0.0537. The lowest BCUT2D eigenvalue weighted by Crippen LogP contribution is -1.82. The Morgan fingerprint density at radius 1 is 1.33 bits per heavy atom. The zero-order valence-corrected chi connectivity index (χ0v) is 9.29. The maximum absolute atomic E-state index is 13.3. The Kier molecular flexibility index (Phi) is 4.88. The highest BCUT2D eigenvalue weighted by Gasteiger charge is 1.96. The first-order valence-electron chi connectivity index (χ1n) is 5.26. The zero-order chi connectivity index (χ0) is 11.1. The fraction of sp³-hybridized carbons (Fsp3) is 0.385. The first-order valence-corrected chi connectivity index (χ1v) is 5.26. The fourth-order valence-electron chi connectivity index (χ4n) is 1.30. The molecule has 0 amide bonds. The molecule has 0 aromatic heterocycles. The van der Waals surface area contributed by atoms with Gasteiger partial charge in [0.15, 0.2) is 0 Å². The molecule has 1 nitrogen and oxygen atoms in total. The van der Waals surface area contributed by atoms with Crippen LogP contribution < -0.4 is 4.74 Å². The summed E-state index contributed by atoms with van der Waals surface area (Å²) in [6, 6.07) is 7.37. The van der Waals surface area contributed by atoms with Crippen molar-refractivity contribution >= 4 is 6.08 Å². The highest BCUT2D eigenvalue weighted by atomic mass is 19.1. The van der Waals surface area contributed by atoms with E-state index >= 15 is 0 Å². The standard InChI is InChI=1S/C13H17FO/c1-3-4-5-12(14)10-11-6-8-13(15-2)9-7-11/h6-10H,3-5H2,1-2H3/b12-10-. The summed E-state index contributed by atoms with van der Waals surface area (Å²) in [5.41, 5.74) is 0.879. The van der Waals surface area contributed by atoms with Gasteiger partial charge in [0.25, 0.3) is 0 Å². The second-order valence-corrected chi connectivity index (χ2v) is 3.47. The highest BCUT2D eigenvalue weighted by molar-refractivity contribution is 5.52. The molecule has 0 fully saturated rings. The molecule has 0 spiro atoms. The van der Waals surface area contributed by atoms with Crippen molar-refractivity contribution in [3.8, 4) is 5.75 Å². The van der Waals surface area contributed by atoms with Gasteiger partial charge in [0, 0.05) is 0 Å². The summed E-state index contributed by atoms with van der Waals surface area (Å²) in [6.45, 7) is 2.06. The van der Waals surface area contributed by atoms with Crippen LogP contribution in [0, 0.1) is 0 Å². The highest BCUT2D eigenvalue weighted by Crippen LogP contribution is 2.16. The molecule has 1 aromatic carbocycles. The fourth-order valence-corrected chi connectivity index (χ4v) is 1.30. The number of methoxy groups -OCH3 is 1. The molecule has 0 saturated heterocycles. The van der Waals surface area contributed by atoms with E-state index < -0.39 is 0 Å². The second-order valence-electron chi connectivity index (χ2n) is 3.47. The summed E-state index contributed by atoms with van der Waals surface area (Å²) in [5.74, 6) is 0.739. The molecular formula is C13H17FO. The van der Waals surface area contributed by atoms with Crippen LogP contribution in [0.4, 0.5) is 4.39 Å². The Morgan fingerprint density at radius 2 is 2.00 bits per heavy atom. The van der Waals surface area contributed by atoms with Crippen molar-refractivity contribution < 1.29 is 9.13 Å². The van der Waals surface area contributed by atoms with Crippen molar-refractivity contribution in [1.29, 1.82) is 0 Å². The molecule has 0 saturated carbocycles. The van der Waals surface area contributed by atoms with Gasteiger partial charge in [-0.3, -0.25) is 0 Å². The van der Waals surface area contributed by atoms with Gasteiger partial charge in [-0.05, 0) is 36.6 Å². The smallest absolute Gasteiger partial charge is 0.118 e. The van der Waals surface area contributed by atoms with Gasteiger partial charge in [0.2, 0.25) is 0 Å². The molecule has 0 aliphatic rings. The molecule has 0 radical (unpaired) electrons.